The lowest BCUT2D eigenvalue weighted by Gasteiger charge is -2.33. The highest BCUT2D eigenvalue weighted by Crippen LogP contribution is 2.29. The van der Waals surface area contributed by atoms with Crippen molar-refractivity contribution in [2.45, 2.75) is 26.7 Å². The fourth-order valence-electron chi connectivity index (χ4n) is 2.31. The maximum atomic E-state index is 11.6. The van der Waals surface area contributed by atoms with Crippen LogP contribution in [0.5, 0.6) is 0 Å². The summed E-state index contributed by atoms with van der Waals surface area (Å²) >= 11 is 3.49. The van der Waals surface area contributed by atoms with E-state index in [1.807, 2.05) is 12.1 Å². The van der Waals surface area contributed by atoms with E-state index in [9.17, 15) is 4.79 Å². The molecule has 0 atom stereocenters. The number of Topliss-reactive ketones (excluding diaryl/α,β-unsaturated/α-hetero) is 1. The Labute approximate surface area is 111 Å². The number of rotatable bonds is 2. The van der Waals surface area contributed by atoms with E-state index in [2.05, 4.69) is 33.8 Å². The van der Waals surface area contributed by atoms with Crippen molar-refractivity contribution in [2.75, 3.05) is 18.0 Å². The molecule has 1 saturated heterocycles. The number of benzene rings is 1. The first kappa shape index (κ1) is 12.6. The van der Waals surface area contributed by atoms with Gasteiger partial charge in [0.1, 0.15) is 0 Å². The van der Waals surface area contributed by atoms with Crippen molar-refractivity contribution in [1.29, 1.82) is 0 Å². The minimum atomic E-state index is 0.145. The molecule has 0 unspecified atom stereocenters. The Kier molecular flexibility index (Phi) is 3.87. The summed E-state index contributed by atoms with van der Waals surface area (Å²) in [5.74, 6) is 0.949. The van der Waals surface area contributed by atoms with Crippen molar-refractivity contribution in [1.82, 2.24) is 0 Å². The lowest BCUT2D eigenvalue weighted by atomic mass is 9.97. The van der Waals surface area contributed by atoms with Gasteiger partial charge in [0.25, 0.3) is 0 Å². The molecule has 1 aliphatic heterocycles. The highest BCUT2D eigenvalue weighted by molar-refractivity contribution is 9.10. The van der Waals surface area contributed by atoms with Crippen molar-refractivity contribution < 1.29 is 4.79 Å². The summed E-state index contributed by atoms with van der Waals surface area (Å²) in [4.78, 5) is 14.0. The van der Waals surface area contributed by atoms with Gasteiger partial charge >= 0.3 is 0 Å². The highest BCUT2D eigenvalue weighted by atomic mass is 79.9. The molecule has 17 heavy (non-hydrogen) atoms. The summed E-state index contributed by atoms with van der Waals surface area (Å²) in [7, 11) is 0. The van der Waals surface area contributed by atoms with Gasteiger partial charge in [-0.2, -0.15) is 0 Å². The molecule has 2 rings (SSSR count). The number of hydrogen-bond donors (Lipinski definition) is 0. The maximum absolute atomic E-state index is 11.6. The molecule has 1 fully saturated rings. The van der Waals surface area contributed by atoms with Crippen molar-refractivity contribution in [3.63, 3.8) is 0 Å². The number of halogens is 1. The summed E-state index contributed by atoms with van der Waals surface area (Å²) in [6.45, 7) is 6.04. The van der Waals surface area contributed by atoms with Crippen LogP contribution in [0, 0.1) is 5.92 Å². The molecular formula is C14H18BrNO. The zero-order chi connectivity index (χ0) is 12.4. The zero-order valence-corrected chi connectivity index (χ0v) is 12.0. The van der Waals surface area contributed by atoms with Gasteiger partial charge in [-0.25, -0.2) is 0 Å². The van der Waals surface area contributed by atoms with E-state index in [1.165, 1.54) is 12.8 Å². The van der Waals surface area contributed by atoms with Gasteiger partial charge in [0.05, 0.1) is 0 Å². The SMILES string of the molecule is CC(=O)c1ccc(Br)cc1N1CCC(C)CC1. The standard InChI is InChI=1S/C14H18BrNO/c1-10-5-7-16(8-6-10)14-9-12(15)3-4-13(14)11(2)17/h3-4,9-10H,5-8H2,1-2H3. The van der Waals surface area contributed by atoms with E-state index < -0.39 is 0 Å². The van der Waals surface area contributed by atoms with Crippen LogP contribution in [-0.2, 0) is 0 Å². The number of piperidine rings is 1. The lowest BCUT2D eigenvalue weighted by molar-refractivity contribution is 0.101. The van der Waals surface area contributed by atoms with Crippen LogP contribution >= 0.6 is 15.9 Å². The van der Waals surface area contributed by atoms with Crippen molar-refractivity contribution in [3.05, 3.63) is 28.2 Å². The number of carbonyl (C=O) groups excluding carboxylic acids is 1. The Balaban J connectivity index is 2.30. The molecule has 2 nitrogen and oxygen atoms in total. The van der Waals surface area contributed by atoms with Gasteiger partial charge in [-0.1, -0.05) is 22.9 Å². The molecular weight excluding hydrogens is 278 g/mol. The highest BCUT2D eigenvalue weighted by Gasteiger charge is 2.19. The van der Waals surface area contributed by atoms with Crippen molar-refractivity contribution in [3.8, 4) is 0 Å². The number of ketones is 1. The number of hydrogen-bond acceptors (Lipinski definition) is 2. The Morgan fingerprint density at radius 2 is 2.00 bits per heavy atom. The summed E-state index contributed by atoms with van der Waals surface area (Å²) in [6.07, 6.45) is 2.42. The maximum Gasteiger partial charge on any atom is 0.161 e. The molecule has 0 amide bonds. The van der Waals surface area contributed by atoms with Gasteiger partial charge in [-0.3, -0.25) is 4.79 Å². The van der Waals surface area contributed by atoms with Gasteiger partial charge in [0.2, 0.25) is 0 Å². The third-order valence-corrected chi connectivity index (χ3v) is 3.96. The van der Waals surface area contributed by atoms with E-state index in [1.54, 1.807) is 6.92 Å². The van der Waals surface area contributed by atoms with Gasteiger partial charge in [-0.15, -0.1) is 0 Å². The van der Waals surface area contributed by atoms with E-state index in [-0.39, 0.29) is 5.78 Å². The molecule has 92 valence electrons. The second kappa shape index (κ2) is 5.21. The monoisotopic (exact) mass is 295 g/mol. The third-order valence-electron chi connectivity index (χ3n) is 3.46. The van der Waals surface area contributed by atoms with Crippen LogP contribution in [0.2, 0.25) is 0 Å². The Morgan fingerprint density at radius 1 is 1.35 bits per heavy atom. The molecule has 1 aromatic rings. The molecule has 0 radical (unpaired) electrons. The molecule has 3 heteroatoms. The van der Waals surface area contributed by atoms with Crippen LogP contribution in [0.4, 0.5) is 5.69 Å². The summed E-state index contributed by atoms with van der Waals surface area (Å²) < 4.78 is 1.04. The van der Waals surface area contributed by atoms with Gasteiger partial charge < -0.3 is 4.90 Å². The normalized spacial score (nSPS) is 17.2. The van der Waals surface area contributed by atoms with Crippen LogP contribution in [0.3, 0.4) is 0 Å². The van der Waals surface area contributed by atoms with Crippen LogP contribution in [0.15, 0.2) is 22.7 Å². The largest absolute Gasteiger partial charge is 0.371 e. The van der Waals surface area contributed by atoms with Gasteiger partial charge in [0.15, 0.2) is 5.78 Å². The van der Waals surface area contributed by atoms with E-state index in [0.29, 0.717) is 0 Å². The molecule has 0 aromatic heterocycles. The molecule has 0 N–H and O–H groups in total. The lowest BCUT2D eigenvalue weighted by Crippen LogP contribution is -2.33. The molecule has 1 aliphatic rings. The zero-order valence-electron chi connectivity index (χ0n) is 10.4. The third kappa shape index (κ3) is 2.89. The topological polar surface area (TPSA) is 20.3 Å². The van der Waals surface area contributed by atoms with E-state index in [0.717, 1.165) is 34.7 Å². The molecule has 0 saturated carbocycles. The first-order valence-corrected chi connectivity index (χ1v) is 6.92. The first-order valence-electron chi connectivity index (χ1n) is 6.13. The Hall–Kier alpha value is -0.830. The van der Waals surface area contributed by atoms with Gasteiger partial charge in [0, 0.05) is 28.8 Å². The average molecular weight is 296 g/mol. The van der Waals surface area contributed by atoms with Gasteiger partial charge in [-0.05, 0) is 43.9 Å². The predicted octanol–water partition coefficient (Wildman–Crippen LogP) is 3.89. The smallest absolute Gasteiger partial charge is 0.161 e. The Morgan fingerprint density at radius 3 is 2.59 bits per heavy atom. The second-order valence-corrected chi connectivity index (χ2v) is 5.80. The molecule has 0 aliphatic carbocycles. The Bertz CT molecular complexity index is 422. The first-order chi connectivity index (χ1) is 8.08. The van der Waals surface area contributed by atoms with Crippen LogP contribution in [0.25, 0.3) is 0 Å². The van der Waals surface area contributed by atoms with Crippen molar-refractivity contribution >= 4 is 27.4 Å². The minimum absolute atomic E-state index is 0.145. The molecule has 0 bridgehead atoms. The predicted molar refractivity (Wildman–Crippen MR) is 74.8 cm³/mol. The molecule has 1 heterocycles. The van der Waals surface area contributed by atoms with E-state index in [4.69, 9.17) is 0 Å². The van der Waals surface area contributed by atoms with Crippen LogP contribution in [0.1, 0.15) is 37.0 Å². The number of nitrogens with zero attached hydrogens (tertiary/aromatic N) is 1. The second-order valence-electron chi connectivity index (χ2n) is 4.89. The fraction of sp³-hybridized carbons (Fsp3) is 0.500. The van der Waals surface area contributed by atoms with Crippen LogP contribution in [-0.4, -0.2) is 18.9 Å². The summed E-state index contributed by atoms with van der Waals surface area (Å²) in [6, 6.07) is 5.92. The van der Waals surface area contributed by atoms with Crippen molar-refractivity contribution in [2.24, 2.45) is 5.92 Å². The fourth-order valence-corrected chi connectivity index (χ4v) is 2.66. The average Bonchev–Trinajstić information content (AvgIpc) is 2.29. The minimum Gasteiger partial charge on any atom is -0.371 e. The molecule has 0 spiro atoms. The number of carbonyl (C=O) groups is 1. The van der Waals surface area contributed by atoms with Crippen LogP contribution < -0.4 is 4.90 Å². The summed E-state index contributed by atoms with van der Waals surface area (Å²) in [5.41, 5.74) is 1.92. The number of anilines is 1. The quantitative estimate of drug-likeness (QED) is 0.772. The van der Waals surface area contributed by atoms with E-state index >= 15 is 0 Å². The molecule has 1 aromatic carbocycles. The summed E-state index contributed by atoms with van der Waals surface area (Å²) in [5, 5.41) is 0.